The molecule has 0 aromatic rings. The molecule has 3 rings (SSSR count). The number of alkyl halides is 1. The SMILES string of the molecule is C1CC1.CCOC(=O)C(Br)C(=O)OCC.CCOC(=O)C(C(=O)OCC)C(C#N)C#N.CCOC(=O)CC(=O)OCC.NC(=O)C(C(N)=O)C(CO)CO.O=C1NCC2CNC(=O)C12. The maximum Gasteiger partial charge on any atom is 0.331 e. The molecule has 64 heavy (non-hydrogen) atoms. The summed E-state index contributed by atoms with van der Waals surface area (Å²) in [4.78, 5) is 108. The summed E-state index contributed by atoms with van der Waals surface area (Å²) in [6.45, 7) is 11.3. The Morgan fingerprint density at radius 2 is 0.953 bits per heavy atom. The van der Waals surface area contributed by atoms with Crippen LogP contribution in [0.5, 0.6) is 0 Å². The van der Waals surface area contributed by atoms with Crippen molar-refractivity contribution in [3.8, 4) is 12.1 Å². The van der Waals surface area contributed by atoms with Crippen molar-refractivity contribution in [2.24, 2.45) is 47.0 Å². The fourth-order valence-corrected chi connectivity index (χ4v) is 4.76. The Bertz CT molecular complexity index is 1490. The van der Waals surface area contributed by atoms with E-state index in [1.54, 1.807) is 53.7 Å². The summed E-state index contributed by atoms with van der Waals surface area (Å²) in [5.74, 6) is -11.5. The van der Waals surface area contributed by atoms with E-state index in [4.69, 9.17) is 32.2 Å². The van der Waals surface area contributed by atoms with Crippen LogP contribution in [-0.2, 0) is 76.4 Å². The van der Waals surface area contributed by atoms with Crippen molar-refractivity contribution in [2.75, 3.05) is 65.9 Å². The molecule has 2 saturated heterocycles. The lowest BCUT2D eigenvalue weighted by Crippen LogP contribution is -2.42. The number of carbonyl (C=O) groups is 10. The summed E-state index contributed by atoms with van der Waals surface area (Å²) in [6.07, 6.45) is 4.21. The summed E-state index contributed by atoms with van der Waals surface area (Å²) in [7, 11) is 0. The van der Waals surface area contributed by atoms with Gasteiger partial charge in [-0.3, -0.25) is 47.9 Å². The third-order valence-corrected chi connectivity index (χ3v) is 8.35. The Hall–Kier alpha value is -5.92. The van der Waals surface area contributed by atoms with Crippen LogP contribution in [0.25, 0.3) is 0 Å². The van der Waals surface area contributed by atoms with Crippen molar-refractivity contribution in [1.29, 1.82) is 10.5 Å². The summed E-state index contributed by atoms with van der Waals surface area (Å²) < 4.78 is 27.4. The monoisotopic (exact) mass is 980 g/mol. The van der Waals surface area contributed by atoms with Crippen molar-refractivity contribution in [3.05, 3.63) is 0 Å². The van der Waals surface area contributed by atoms with Crippen molar-refractivity contribution < 1.29 is 86.6 Å². The molecular weight excluding hydrogens is 920 g/mol. The quantitative estimate of drug-likeness (QED) is 0.0398. The van der Waals surface area contributed by atoms with Gasteiger partial charge in [0.1, 0.15) is 18.3 Å². The fourth-order valence-electron chi connectivity index (χ4n) is 4.49. The average Bonchev–Trinajstić information content (AvgIpc) is 4.02. The normalized spacial score (nSPS) is 14.6. The maximum atomic E-state index is 11.4. The second kappa shape index (κ2) is 37.6. The largest absolute Gasteiger partial charge is 0.466 e. The van der Waals surface area contributed by atoms with E-state index < -0.39 is 89.3 Å². The number of fused-ring (bicyclic) bond motifs is 1. The van der Waals surface area contributed by atoms with E-state index in [9.17, 15) is 47.9 Å². The number of hydrogen-bond donors (Lipinski definition) is 6. The lowest BCUT2D eigenvalue weighted by atomic mass is 9.92. The van der Waals surface area contributed by atoms with Gasteiger partial charge < -0.3 is 60.7 Å². The van der Waals surface area contributed by atoms with Crippen molar-refractivity contribution in [1.82, 2.24) is 10.6 Å². The Kier molecular flexibility index (Phi) is 36.7. The number of carbonyl (C=O) groups excluding carboxylic acids is 10. The number of esters is 6. The van der Waals surface area contributed by atoms with E-state index in [1.807, 2.05) is 0 Å². The lowest BCUT2D eigenvalue weighted by Gasteiger charge is -2.16. The molecule has 24 nitrogen and oxygen atoms in total. The van der Waals surface area contributed by atoms with E-state index in [0.29, 0.717) is 13.1 Å². The number of amides is 4. The van der Waals surface area contributed by atoms with Gasteiger partial charge in [0.2, 0.25) is 28.5 Å². The van der Waals surface area contributed by atoms with Gasteiger partial charge in [-0.15, -0.1) is 0 Å². The summed E-state index contributed by atoms with van der Waals surface area (Å²) in [5, 5.41) is 39.8. The van der Waals surface area contributed by atoms with Gasteiger partial charge in [-0.2, -0.15) is 10.5 Å². The van der Waals surface area contributed by atoms with Crippen LogP contribution in [0.1, 0.15) is 67.2 Å². The highest BCUT2D eigenvalue weighted by atomic mass is 79.9. The first-order chi connectivity index (χ1) is 30.3. The van der Waals surface area contributed by atoms with Crippen molar-refractivity contribution in [3.63, 3.8) is 0 Å². The van der Waals surface area contributed by atoms with Gasteiger partial charge in [0.15, 0.2) is 11.8 Å². The zero-order valence-corrected chi connectivity index (χ0v) is 38.4. The molecule has 0 radical (unpaired) electrons. The van der Waals surface area contributed by atoms with Crippen LogP contribution in [0.4, 0.5) is 0 Å². The number of rotatable bonds is 18. The maximum absolute atomic E-state index is 11.4. The number of nitrogens with zero attached hydrogens (tertiary/aromatic N) is 2. The number of nitrogens with one attached hydrogen (secondary N) is 2. The van der Waals surface area contributed by atoms with E-state index in [1.165, 1.54) is 19.3 Å². The van der Waals surface area contributed by atoms with Crippen molar-refractivity contribution in [2.45, 2.75) is 72.1 Å². The van der Waals surface area contributed by atoms with Gasteiger partial charge in [-0.05, 0) is 41.5 Å². The van der Waals surface area contributed by atoms with E-state index in [0.717, 1.165) is 0 Å². The minimum absolute atomic E-state index is 0.0678. The van der Waals surface area contributed by atoms with Gasteiger partial charge >= 0.3 is 35.8 Å². The van der Waals surface area contributed by atoms with Crippen LogP contribution in [0.2, 0.25) is 0 Å². The first-order valence-corrected chi connectivity index (χ1v) is 21.0. The Balaban J connectivity index is -0.000000718. The molecular formula is C39H61BrN6O18. The van der Waals surface area contributed by atoms with E-state index in [2.05, 4.69) is 55.0 Å². The Labute approximate surface area is 379 Å². The molecule has 25 heteroatoms. The molecule has 2 aliphatic heterocycles. The van der Waals surface area contributed by atoms with Crippen LogP contribution in [0, 0.1) is 58.2 Å². The van der Waals surface area contributed by atoms with Crippen LogP contribution in [0.3, 0.4) is 0 Å². The zero-order valence-electron chi connectivity index (χ0n) is 36.8. The molecule has 8 N–H and O–H groups in total. The number of halogens is 1. The molecule has 1 saturated carbocycles. The second-order valence-corrected chi connectivity index (χ2v) is 13.5. The highest BCUT2D eigenvalue weighted by Gasteiger charge is 2.44. The molecule has 0 spiro atoms. The molecule has 362 valence electrons. The standard InChI is InChI=1S/C10H12N2O4.C7H11BrO4.C7H12O4.C6H12N2O4.C6H8N2O2.C3H6/c1-3-15-9(13)8(7(5-11)6-12)10(14)16-4-2;1-3-11-6(9)5(8)7(10)12-4-2;1-3-10-6(8)5-7(9)11-4-2;7-5(11)4(6(8)12)3(1-9)2-10;9-5-4-3(1-7-5)2-8-6(4)10;1-2-3-1/h7-8H,3-4H2,1-2H3;5H,3-4H2,1-2H3;3-5H2,1-2H3;3-4,9-10H,1-2H2,(H2,7,11)(H2,8,12);3-4H,1-2H2,(H,7,9)(H,8,10);1-3H2. The fraction of sp³-hybridized carbons (Fsp3) is 0.692. The predicted molar refractivity (Wildman–Crippen MR) is 222 cm³/mol. The number of nitriles is 2. The highest BCUT2D eigenvalue weighted by molar-refractivity contribution is 9.10. The van der Waals surface area contributed by atoms with E-state index >= 15 is 0 Å². The number of aliphatic hydroxyl groups excluding tert-OH is 2. The molecule has 2 heterocycles. The van der Waals surface area contributed by atoms with Crippen LogP contribution in [0.15, 0.2) is 0 Å². The number of ether oxygens (including phenoxy) is 6. The third kappa shape index (κ3) is 27.2. The van der Waals surface area contributed by atoms with Crippen LogP contribution in [-0.4, -0.2) is 140 Å². The number of primary amides is 2. The van der Waals surface area contributed by atoms with Gasteiger partial charge in [0.05, 0.1) is 51.8 Å². The molecule has 0 atom stereocenters. The van der Waals surface area contributed by atoms with Crippen molar-refractivity contribution >= 4 is 75.4 Å². The zero-order chi connectivity index (χ0) is 49.8. The lowest BCUT2D eigenvalue weighted by molar-refractivity contribution is -0.163. The third-order valence-electron chi connectivity index (χ3n) is 7.60. The Morgan fingerprint density at radius 1 is 0.625 bits per heavy atom. The summed E-state index contributed by atoms with van der Waals surface area (Å²) >= 11 is 2.86. The molecule has 0 aromatic heterocycles. The first kappa shape index (κ1) is 62.4. The molecule has 1 aliphatic carbocycles. The van der Waals surface area contributed by atoms with Gasteiger partial charge in [0.25, 0.3) is 0 Å². The predicted octanol–water partition coefficient (Wildman–Crippen LogP) is -1.41. The Morgan fingerprint density at radius 3 is 1.19 bits per heavy atom. The van der Waals surface area contributed by atoms with E-state index in [-0.39, 0.29) is 69.7 Å². The van der Waals surface area contributed by atoms with Crippen LogP contribution < -0.4 is 22.1 Å². The molecule has 3 aliphatic rings. The van der Waals surface area contributed by atoms with Gasteiger partial charge in [-0.25, -0.2) is 0 Å². The first-order valence-electron chi connectivity index (χ1n) is 20.0. The minimum Gasteiger partial charge on any atom is -0.466 e. The summed E-state index contributed by atoms with van der Waals surface area (Å²) in [5.41, 5.74) is 9.66. The van der Waals surface area contributed by atoms with Gasteiger partial charge in [-0.1, -0.05) is 35.2 Å². The molecule has 3 fully saturated rings. The molecule has 0 unspecified atom stereocenters. The second-order valence-electron chi connectivity index (χ2n) is 12.6. The number of aliphatic hydroxyl groups is 2. The molecule has 4 amide bonds. The minimum atomic E-state index is -1.49. The molecule has 0 bridgehead atoms. The highest BCUT2D eigenvalue weighted by Crippen LogP contribution is 2.22. The number of nitrogens with two attached hydrogens (primary N) is 2. The topological polar surface area (TPSA) is 390 Å². The van der Waals surface area contributed by atoms with Crippen LogP contribution >= 0.6 is 15.9 Å². The van der Waals surface area contributed by atoms with Gasteiger partial charge in [0, 0.05) is 38.1 Å². The average molecular weight is 982 g/mol. The summed E-state index contributed by atoms with van der Waals surface area (Å²) in [6, 6.07) is 3.14. The molecule has 0 aromatic carbocycles. The smallest absolute Gasteiger partial charge is 0.331 e. The number of hydrogen-bond acceptors (Lipinski definition) is 20.